The molecule has 148 valence electrons. The minimum Gasteiger partial charge on any atom is -0.340 e. The standard InChI is InChI=1S/C21H28ClN3S.ClH/c1-23(2)12-6-13-24(3)14-7-15-25-18-8-4-5-9-20(18)26-21-11-10-17(22)16-19(21)25;/h4-5,8-11,16H,6-7,12-15H2,1-3H3;1H. The van der Waals surface area contributed by atoms with Gasteiger partial charge >= 0.3 is 0 Å². The zero-order chi connectivity index (χ0) is 18.5. The third-order valence-electron chi connectivity index (χ3n) is 4.65. The number of rotatable bonds is 8. The van der Waals surface area contributed by atoms with Crippen molar-refractivity contribution < 1.29 is 0 Å². The number of para-hydroxylation sites is 1. The summed E-state index contributed by atoms with van der Waals surface area (Å²) in [6.45, 7) is 4.40. The van der Waals surface area contributed by atoms with Gasteiger partial charge in [-0.1, -0.05) is 35.5 Å². The highest BCUT2D eigenvalue weighted by Crippen LogP contribution is 2.48. The van der Waals surface area contributed by atoms with Crippen LogP contribution in [-0.4, -0.2) is 57.1 Å². The number of fused-ring (bicyclic) bond motifs is 2. The summed E-state index contributed by atoms with van der Waals surface area (Å²) in [4.78, 5) is 9.72. The molecule has 0 radical (unpaired) electrons. The first-order valence-electron chi connectivity index (χ1n) is 9.22. The van der Waals surface area contributed by atoms with E-state index in [0.29, 0.717) is 0 Å². The van der Waals surface area contributed by atoms with Crippen molar-refractivity contribution in [1.29, 1.82) is 0 Å². The van der Waals surface area contributed by atoms with Crippen LogP contribution >= 0.6 is 35.8 Å². The molecule has 0 amide bonds. The molecule has 2 aromatic carbocycles. The minimum atomic E-state index is 0. The van der Waals surface area contributed by atoms with E-state index >= 15 is 0 Å². The van der Waals surface area contributed by atoms with Gasteiger partial charge in [0.25, 0.3) is 0 Å². The van der Waals surface area contributed by atoms with Crippen LogP contribution in [0, 0.1) is 0 Å². The maximum Gasteiger partial charge on any atom is 0.0567 e. The van der Waals surface area contributed by atoms with E-state index in [4.69, 9.17) is 11.6 Å². The van der Waals surface area contributed by atoms with Crippen LogP contribution in [0.2, 0.25) is 5.02 Å². The van der Waals surface area contributed by atoms with Crippen LogP contribution in [0.25, 0.3) is 0 Å². The van der Waals surface area contributed by atoms with Gasteiger partial charge in [0.15, 0.2) is 0 Å². The molecule has 3 rings (SSSR count). The van der Waals surface area contributed by atoms with Gasteiger partial charge in [-0.05, 0) is 84.0 Å². The second-order valence-corrected chi connectivity index (χ2v) is 8.67. The fraction of sp³-hybridized carbons (Fsp3) is 0.429. The Labute approximate surface area is 179 Å². The number of nitrogens with zero attached hydrogens (tertiary/aromatic N) is 3. The summed E-state index contributed by atoms with van der Waals surface area (Å²) in [6.07, 6.45) is 2.34. The third-order valence-corrected chi connectivity index (χ3v) is 6.02. The SMILES string of the molecule is CN(C)CCCN(C)CCCN1c2ccccc2Sc2ccc(Cl)cc21.Cl. The van der Waals surface area contributed by atoms with Crippen molar-refractivity contribution in [3.63, 3.8) is 0 Å². The number of halogens is 2. The lowest BCUT2D eigenvalue weighted by atomic mass is 10.2. The fourth-order valence-electron chi connectivity index (χ4n) is 3.31. The Balaban J connectivity index is 0.00000261. The lowest BCUT2D eigenvalue weighted by Gasteiger charge is -2.33. The van der Waals surface area contributed by atoms with Gasteiger partial charge in [0.05, 0.1) is 11.4 Å². The normalized spacial score (nSPS) is 12.7. The van der Waals surface area contributed by atoms with Crippen molar-refractivity contribution in [2.45, 2.75) is 22.6 Å². The molecule has 1 aliphatic heterocycles. The number of benzene rings is 2. The first-order valence-corrected chi connectivity index (χ1v) is 10.4. The van der Waals surface area contributed by atoms with Crippen molar-refractivity contribution in [2.24, 2.45) is 0 Å². The molecule has 1 heterocycles. The van der Waals surface area contributed by atoms with E-state index in [2.05, 4.69) is 72.2 Å². The first kappa shape index (κ1) is 22.4. The third kappa shape index (κ3) is 6.03. The predicted molar refractivity (Wildman–Crippen MR) is 122 cm³/mol. The van der Waals surface area contributed by atoms with Gasteiger partial charge in [0, 0.05) is 21.4 Å². The highest BCUT2D eigenvalue weighted by molar-refractivity contribution is 7.99. The molecule has 6 heteroatoms. The van der Waals surface area contributed by atoms with Crippen LogP contribution < -0.4 is 4.90 Å². The Morgan fingerprint density at radius 1 is 0.889 bits per heavy atom. The molecule has 27 heavy (non-hydrogen) atoms. The molecule has 2 aromatic rings. The van der Waals surface area contributed by atoms with Crippen LogP contribution in [0.4, 0.5) is 11.4 Å². The van der Waals surface area contributed by atoms with Crippen LogP contribution in [0.1, 0.15) is 12.8 Å². The number of hydrogen-bond acceptors (Lipinski definition) is 4. The molecule has 0 aliphatic carbocycles. The van der Waals surface area contributed by atoms with Crippen molar-refractivity contribution in [1.82, 2.24) is 9.80 Å². The van der Waals surface area contributed by atoms with Gasteiger partial charge in [-0.2, -0.15) is 0 Å². The molecule has 1 aliphatic rings. The summed E-state index contributed by atoms with van der Waals surface area (Å²) < 4.78 is 0. The topological polar surface area (TPSA) is 9.72 Å². The summed E-state index contributed by atoms with van der Waals surface area (Å²) >= 11 is 8.12. The summed E-state index contributed by atoms with van der Waals surface area (Å²) in [5, 5.41) is 0.800. The zero-order valence-electron chi connectivity index (χ0n) is 16.3. The molecule has 0 N–H and O–H groups in total. The Morgan fingerprint density at radius 2 is 1.59 bits per heavy atom. The van der Waals surface area contributed by atoms with Crippen molar-refractivity contribution in [2.75, 3.05) is 52.2 Å². The fourth-order valence-corrected chi connectivity index (χ4v) is 4.55. The largest absolute Gasteiger partial charge is 0.340 e. The van der Waals surface area contributed by atoms with Crippen LogP contribution in [0.15, 0.2) is 52.3 Å². The number of anilines is 2. The molecule has 0 spiro atoms. The van der Waals surface area contributed by atoms with Gasteiger partial charge in [0.2, 0.25) is 0 Å². The maximum absolute atomic E-state index is 6.29. The smallest absolute Gasteiger partial charge is 0.0567 e. The van der Waals surface area contributed by atoms with Gasteiger partial charge in [-0.25, -0.2) is 0 Å². The van der Waals surface area contributed by atoms with Gasteiger partial charge in [-0.3, -0.25) is 0 Å². The molecule has 0 aromatic heterocycles. The van der Waals surface area contributed by atoms with Crippen LogP contribution in [-0.2, 0) is 0 Å². The molecule has 0 saturated carbocycles. The Bertz CT molecular complexity index is 739. The first-order chi connectivity index (χ1) is 12.5. The quantitative estimate of drug-likeness (QED) is 0.540. The molecule has 0 saturated heterocycles. The predicted octanol–water partition coefficient (Wildman–Crippen LogP) is 5.64. The van der Waals surface area contributed by atoms with Gasteiger partial charge in [0.1, 0.15) is 0 Å². The average Bonchev–Trinajstić information content (AvgIpc) is 2.61. The minimum absolute atomic E-state index is 0. The highest BCUT2D eigenvalue weighted by atomic mass is 35.5. The van der Waals surface area contributed by atoms with E-state index in [1.54, 1.807) is 0 Å². The lowest BCUT2D eigenvalue weighted by molar-refractivity contribution is 0.298. The zero-order valence-corrected chi connectivity index (χ0v) is 18.7. The van der Waals surface area contributed by atoms with E-state index in [1.165, 1.54) is 27.6 Å². The van der Waals surface area contributed by atoms with E-state index in [0.717, 1.165) is 37.6 Å². The maximum atomic E-state index is 6.29. The molecule has 0 fully saturated rings. The molecule has 0 bridgehead atoms. The monoisotopic (exact) mass is 425 g/mol. The molecular formula is C21H29Cl2N3S. The van der Waals surface area contributed by atoms with E-state index in [1.807, 2.05) is 17.8 Å². The molecule has 0 atom stereocenters. The summed E-state index contributed by atoms with van der Waals surface area (Å²) in [5.74, 6) is 0. The lowest BCUT2D eigenvalue weighted by Crippen LogP contribution is -2.28. The molecular weight excluding hydrogens is 397 g/mol. The summed E-state index contributed by atoms with van der Waals surface area (Å²) in [6, 6.07) is 14.9. The van der Waals surface area contributed by atoms with Crippen molar-refractivity contribution >= 4 is 47.1 Å². The van der Waals surface area contributed by atoms with Crippen molar-refractivity contribution in [3.05, 3.63) is 47.5 Å². The average molecular weight is 426 g/mol. The Morgan fingerprint density at radius 3 is 2.37 bits per heavy atom. The second kappa shape index (κ2) is 10.6. The number of hydrogen-bond donors (Lipinski definition) is 0. The summed E-state index contributed by atoms with van der Waals surface area (Å²) in [7, 11) is 6.49. The Kier molecular flexibility index (Phi) is 8.77. The van der Waals surface area contributed by atoms with E-state index in [9.17, 15) is 0 Å². The van der Waals surface area contributed by atoms with E-state index in [-0.39, 0.29) is 12.4 Å². The van der Waals surface area contributed by atoms with Crippen molar-refractivity contribution in [3.8, 4) is 0 Å². The van der Waals surface area contributed by atoms with E-state index < -0.39 is 0 Å². The Hall–Kier alpha value is -0.910. The highest BCUT2D eigenvalue weighted by Gasteiger charge is 2.23. The summed E-state index contributed by atoms with van der Waals surface area (Å²) in [5.41, 5.74) is 2.53. The second-order valence-electron chi connectivity index (χ2n) is 7.15. The van der Waals surface area contributed by atoms with Gasteiger partial charge in [-0.15, -0.1) is 12.4 Å². The van der Waals surface area contributed by atoms with Gasteiger partial charge < -0.3 is 14.7 Å². The molecule has 3 nitrogen and oxygen atoms in total. The van der Waals surface area contributed by atoms with Crippen LogP contribution in [0.3, 0.4) is 0 Å². The van der Waals surface area contributed by atoms with Crippen LogP contribution in [0.5, 0.6) is 0 Å². The molecule has 0 unspecified atom stereocenters.